The molecule has 4 nitrogen and oxygen atoms in total. The zero-order valence-corrected chi connectivity index (χ0v) is 13.1. The highest BCUT2D eigenvalue weighted by Gasteiger charge is 2.12. The number of nitrogens with one attached hydrogen (secondary N) is 2. The molecule has 26 heavy (non-hydrogen) atoms. The number of halogens is 4. The first kappa shape index (κ1) is 17.4. The molecule has 0 spiro atoms. The molecule has 0 atom stereocenters. The molecule has 0 radical (unpaired) electrons. The molecule has 132 valence electrons. The first-order valence-electron chi connectivity index (χ1n) is 7.37. The van der Waals surface area contributed by atoms with Crippen LogP contribution in [0.2, 0.25) is 0 Å². The standard InChI is InChI=1S/C18H11F4N3O/c19-11-5-6-15(14(22)8-11)24-18(26)10-4-7-16(23-9-10)25-17-12(20)2-1-3-13(17)21/h1-9H,(H,23,25)(H,24,26). The molecule has 0 unspecified atom stereocenters. The number of carbonyl (C=O) groups excluding carboxylic acids is 1. The Labute approximate surface area is 145 Å². The molecule has 1 amide bonds. The maximum Gasteiger partial charge on any atom is 0.257 e. The summed E-state index contributed by atoms with van der Waals surface area (Å²) in [5.74, 6) is -3.83. The molecule has 0 aliphatic rings. The number of benzene rings is 2. The number of pyridine rings is 1. The van der Waals surface area contributed by atoms with Gasteiger partial charge in [-0.1, -0.05) is 6.07 Å². The van der Waals surface area contributed by atoms with E-state index in [2.05, 4.69) is 15.6 Å². The van der Waals surface area contributed by atoms with Crippen LogP contribution in [0.1, 0.15) is 10.4 Å². The van der Waals surface area contributed by atoms with Crippen LogP contribution in [-0.2, 0) is 0 Å². The van der Waals surface area contributed by atoms with E-state index in [1.807, 2.05) is 0 Å². The van der Waals surface area contributed by atoms with Gasteiger partial charge in [0.1, 0.15) is 34.8 Å². The third-order valence-corrected chi connectivity index (χ3v) is 3.42. The van der Waals surface area contributed by atoms with Crippen molar-refractivity contribution in [3.05, 3.63) is 83.6 Å². The van der Waals surface area contributed by atoms with Gasteiger partial charge in [0.2, 0.25) is 0 Å². The molecule has 0 bridgehead atoms. The number of amides is 1. The Morgan fingerprint density at radius 2 is 1.62 bits per heavy atom. The molecular formula is C18H11F4N3O. The van der Waals surface area contributed by atoms with E-state index in [0.29, 0.717) is 6.07 Å². The average molecular weight is 361 g/mol. The minimum Gasteiger partial charge on any atom is -0.335 e. The van der Waals surface area contributed by atoms with Crippen LogP contribution < -0.4 is 10.6 Å². The Kier molecular flexibility index (Phi) is 4.83. The summed E-state index contributed by atoms with van der Waals surface area (Å²) >= 11 is 0. The van der Waals surface area contributed by atoms with Gasteiger partial charge in [0.25, 0.3) is 5.91 Å². The number of rotatable bonds is 4. The molecule has 8 heteroatoms. The van der Waals surface area contributed by atoms with Gasteiger partial charge >= 0.3 is 0 Å². The van der Waals surface area contributed by atoms with Crippen molar-refractivity contribution in [2.45, 2.75) is 0 Å². The smallest absolute Gasteiger partial charge is 0.257 e. The zero-order valence-electron chi connectivity index (χ0n) is 13.1. The second-order valence-electron chi connectivity index (χ2n) is 5.23. The van der Waals surface area contributed by atoms with Crippen LogP contribution in [0.25, 0.3) is 0 Å². The van der Waals surface area contributed by atoms with Crippen molar-refractivity contribution in [1.82, 2.24) is 4.98 Å². The molecule has 1 heterocycles. The molecule has 3 rings (SSSR count). The molecule has 3 aromatic rings. The number of hydrogen-bond acceptors (Lipinski definition) is 3. The topological polar surface area (TPSA) is 54.0 Å². The third kappa shape index (κ3) is 3.80. The maximum atomic E-state index is 13.6. The highest BCUT2D eigenvalue weighted by Crippen LogP contribution is 2.22. The van der Waals surface area contributed by atoms with E-state index in [0.717, 1.165) is 30.5 Å². The number of anilines is 3. The first-order chi connectivity index (χ1) is 12.4. The van der Waals surface area contributed by atoms with Crippen molar-refractivity contribution in [3.63, 3.8) is 0 Å². The van der Waals surface area contributed by atoms with Gasteiger partial charge in [-0.05, 0) is 36.4 Å². The Morgan fingerprint density at radius 1 is 0.885 bits per heavy atom. The maximum absolute atomic E-state index is 13.6. The number of hydrogen-bond donors (Lipinski definition) is 2. The highest BCUT2D eigenvalue weighted by molar-refractivity contribution is 6.04. The van der Waals surface area contributed by atoms with Crippen molar-refractivity contribution in [2.75, 3.05) is 10.6 Å². The fourth-order valence-corrected chi connectivity index (χ4v) is 2.13. The molecule has 1 aromatic heterocycles. The predicted molar refractivity (Wildman–Crippen MR) is 88.2 cm³/mol. The van der Waals surface area contributed by atoms with Crippen LogP contribution in [0.5, 0.6) is 0 Å². The van der Waals surface area contributed by atoms with Crippen LogP contribution in [0.4, 0.5) is 34.8 Å². The predicted octanol–water partition coefficient (Wildman–Crippen LogP) is 4.63. The number of nitrogens with zero attached hydrogens (tertiary/aromatic N) is 1. The summed E-state index contributed by atoms with van der Waals surface area (Å²) in [6, 6.07) is 8.82. The quantitative estimate of drug-likeness (QED) is 0.666. The molecule has 0 aliphatic heterocycles. The average Bonchev–Trinajstić information content (AvgIpc) is 2.61. The number of aromatic nitrogens is 1. The van der Waals surface area contributed by atoms with Crippen molar-refractivity contribution >= 4 is 23.1 Å². The van der Waals surface area contributed by atoms with Crippen molar-refractivity contribution in [2.24, 2.45) is 0 Å². The molecule has 2 aromatic carbocycles. The van der Waals surface area contributed by atoms with Gasteiger partial charge in [-0.3, -0.25) is 4.79 Å². The molecular weight excluding hydrogens is 350 g/mol. The van der Waals surface area contributed by atoms with E-state index in [9.17, 15) is 22.4 Å². The van der Waals surface area contributed by atoms with Crippen LogP contribution in [0, 0.1) is 23.3 Å². The number of para-hydroxylation sites is 1. The molecule has 2 N–H and O–H groups in total. The van der Waals surface area contributed by atoms with E-state index in [1.165, 1.54) is 18.2 Å². The zero-order chi connectivity index (χ0) is 18.7. The molecule has 0 saturated carbocycles. The lowest BCUT2D eigenvalue weighted by Crippen LogP contribution is -2.13. The fourth-order valence-electron chi connectivity index (χ4n) is 2.13. The minimum absolute atomic E-state index is 0.0771. The normalized spacial score (nSPS) is 10.5. The largest absolute Gasteiger partial charge is 0.335 e. The first-order valence-corrected chi connectivity index (χ1v) is 7.37. The van der Waals surface area contributed by atoms with Gasteiger partial charge in [0, 0.05) is 12.3 Å². The third-order valence-electron chi connectivity index (χ3n) is 3.42. The van der Waals surface area contributed by atoms with E-state index in [4.69, 9.17) is 0 Å². The Hall–Kier alpha value is -3.42. The highest BCUT2D eigenvalue weighted by atomic mass is 19.1. The van der Waals surface area contributed by atoms with Crippen LogP contribution >= 0.6 is 0 Å². The summed E-state index contributed by atoms with van der Waals surface area (Å²) in [5, 5.41) is 4.76. The van der Waals surface area contributed by atoms with E-state index in [-0.39, 0.29) is 22.8 Å². The fraction of sp³-hybridized carbons (Fsp3) is 0. The summed E-state index contributed by atoms with van der Waals surface area (Å²) in [5.41, 5.74) is -0.481. The second kappa shape index (κ2) is 7.22. The molecule has 0 aliphatic carbocycles. The van der Waals surface area contributed by atoms with Gasteiger partial charge in [-0.25, -0.2) is 22.5 Å². The summed E-state index contributed by atoms with van der Waals surface area (Å²) in [6.07, 6.45) is 1.15. The number of carbonyl (C=O) groups is 1. The summed E-state index contributed by atoms with van der Waals surface area (Å²) < 4.78 is 53.6. The van der Waals surface area contributed by atoms with Crippen LogP contribution in [0.15, 0.2) is 54.7 Å². The van der Waals surface area contributed by atoms with Crippen molar-refractivity contribution < 1.29 is 22.4 Å². The van der Waals surface area contributed by atoms with Gasteiger partial charge < -0.3 is 10.6 Å². The monoisotopic (exact) mass is 361 g/mol. The lowest BCUT2D eigenvalue weighted by Gasteiger charge is -2.09. The van der Waals surface area contributed by atoms with Gasteiger partial charge in [0.15, 0.2) is 0 Å². The second-order valence-corrected chi connectivity index (χ2v) is 5.23. The van der Waals surface area contributed by atoms with E-state index in [1.54, 1.807) is 0 Å². The van der Waals surface area contributed by atoms with Gasteiger partial charge in [0.05, 0.1) is 11.3 Å². The van der Waals surface area contributed by atoms with Crippen molar-refractivity contribution in [3.8, 4) is 0 Å². The summed E-state index contributed by atoms with van der Waals surface area (Å²) in [4.78, 5) is 16.0. The Balaban J connectivity index is 1.74. The van der Waals surface area contributed by atoms with Crippen LogP contribution in [0.3, 0.4) is 0 Å². The summed E-state index contributed by atoms with van der Waals surface area (Å²) in [7, 11) is 0. The molecule has 0 fully saturated rings. The van der Waals surface area contributed by atoms with E-state index < -0.39 is 29.2 Å². The minimum atomic E-state index is -0.917. The summed E-state index contributed by atoms with van der Waals surface area (Å²) in [6.45, 7) is 0. The van der Waals surface area contributed by atoms with E-state index >= 15 is 0 Å². The van der Waals surface area contributed by atoms with Gasteiger partial charge in [-0.15, -0.1) is 0 Å². The lowest BCUT2D eigenvalue weighted by molar-refractivity contribution is 0.102. The Morgan fingerprint density at radius 3 is 2.23 bits per heavy atom. The Bertz CT molecular complexity index is 941. The van der Waals surface area contributed by atoms with Crippen molar-refractivity contribution in [1.29, 1.82) is 0 Å². The SMILES string of the molecule is O=C(Nc1ccc(F)cc1F)c1ccc(Nc2c(F)cccc2F)nc1. The van der Waals surface area contributed by atoms with Gasteiger partial charge in [-0.2, -0.15) is 0 Å². The lowest BCUT2D eigenvalue weighted by atomic mass is 10.2. The van der Waals surface area contributed by atoms with Crippen LogP contribution in [-0.4, -0.2) is 10.9 Å². The molecule has 0 saturated heterocycles.